The second-order valence-corrected chi connectivity index (χ2v) is 7.09. The number of nitrogens with one attached hydrogen (secondary N) is 3. The Morgan fingerprint density at radius 2 is 1.52 bits per heavy atom. The molecule has 9 N–H and O–H groups in total. The van der Waals surface area contributed by atoms with E-state index in [9.17, 15) is 19.2 Å². The third kappa shape index (κ3) is 9.68. The molecule has 0 aliphatic heterocycles. The van der Waals surface area contributed by atoms with E-state index in [4.69, 9.17) is 21.7 Å². The van der Waals surface area contributed by atoms with Crippen molar-refractivity contribution in [3.05, 3.63) is 0 Å². The van der Waals surface area contributed by atoms with Crippen LogP contribution in [0, 0.1) is 5.92 Å². The van der Waals surface area contributed by atoms with E-state index in [0.717, 1.165) is 0 Å². The average Bonchev–Trinajstić information content (AvgIpc) is 2.67. The fourth-order valence-electron chi connectivity index (χ4n) is 2.47. The average molecular weight is 418 g/mol. The third-order valence-corrected chi connectivity index (χ3v) is 4.58. The van der Waals surface area contributed by atoms with Crippen molar-refractivity contribution in [1.82, 2.24) is 16.0 Å². The first-order chi connectivity index (χ1) is 13.6. The van der Waals surface area contributed by atoms with Crippen molar-refractivity contribution in [2.24, 2.45) is 17.4 Å². The lowest BCUT2D eigenvalue weighted by Crippen LogP contribution is -2.58. The van der Waals surface area contributed by atoms with Crippen molar-refractivity contribution in [2.45, 2.75) is 70.6 Å². The lowest BCUT2D eigenvalue weighted by atomic mass is 9.97. The van der Waals surface area contributed by atoms with Crippen molar-refractivity contribution in [3.8, 4) is 0 Å². The molecule has 0 bridgehead atoms. The molecule has 0 aromatic carbocycles. The van der Waals surface area contributed by atoms with Gasteiger partial charge in [0.05, 0.1) is 12.6 Å². The second kappa shape index (κ2) is 13.9. The van der Waals surface area contributed by atoms with Crippen LogP contribution in [0.5, 0.6) is 0 Å². The molecule has 29 heavy (non-hydrogen) atoms. The molecule has 0 heterocycles. The molecule has 0 aliphatic rings. The first-order valence-corrected chi connectivity index (χ1v) is 9.79. The molecule has 3 amide bonds. The van der Waals surface area contributed by atoms with Gasteiger partial charge in [-0.2, -0.15) is 0 Å². The number of carbonyl (C=O) groups is 4. The van der Waals surface area contributed by atoms with Crippen molar-refractivity contribution < 1.29 is 29.4 Å². The summed E-state index contributed by atoms with van der Waals surface area (Å²) in [7, 11) is 0. The maximum atomic E-state index is 12.8. The second-order valence-electron chi connectivity index (χ2n) is 7.09. The first kappa shape index (κ1) is 26.8. The van der Waals surface area contributed by atoms with Crippen LogP contribution in [0.2, 0.25) is 0 Å². The normalized spacial score (nSPS) is 16.1. The van der Waals surface area contributed by atoms with Crippen molar-refractivity contribution in [2.75, 3.05) is 13.2 Å². The smallest absolute Gasteiger partial charge is 0.328 e. The quantitative estimate of drug-likeness (QED) is 0.158. The SMILES string of the molecule is CCC(C)C(NC(=O)C(CCCCN)NC(=O)C(C)N)C(=O)NC(CO)C(=O)O. The first-order valence-electron chi connectivity index (χ1n) is 9.79. The Labute approximate surface area is 171 Å². The minimum atomic E-state index is -1.48. The number of unbranched alkanes of at least 4 members (excludes halogenated alkanes) is 1. The van der Waals surface area contributed by atoms with Gasteiger partial charge in [-0.15, -0.1) is 0 Å². The molecule has 0 aliphatic carbocycles. The highest BCUT2D eigenvalue weighted by atomic mass is 16.4. The number of aliphatic hydroxyl groups is 1. The molecule has 0 rings (SSSR count). The molecule has 0 saturated heterocycles. The van der Waals surface area contributed by atoms with Crippen LogP contribution in [0.1, 0.15) is 46.5 Å². The van der Waals surface area contributed by atoms with E-state index in [0.29, 0.717) is 32.2 Å². The molecular formula is C18H35N5O6. The molecular weight excluding hydrogens is 382 g/mol. The zero-order valence-electron chi connectivity index (χ0n) is 17.3. The third-order valence-electron chi connectivity index (χ3n) is 4.58. The van der Waals surface area contributed by atoms with E-state index in [1.54, 1.807) is 6.92 Å². The van der Waals surface area contributed by atoms with Gasteiger partial charge in [0.1, 0.15) is 18.1 Å². The van der Waals surface area contributed by atoms with Crippen molar-refractivity contribution >= 4 is 23.7 Å². The van der Waals surface area contributed by atoms with E-state index >= 15 is 0 Å². The fraction of sp³-hybridized carbons (Fsp3) is 0.778. The van der Waals surface area contributed by atoms with Gasteiger partial charge in [-0.1, -0.05) is 20.3 Å². The van der Waals surface area contributed by atoms with Crippen LogP contribution < -0.4 is 27.4 Å². The van der Waals surface area contributed by atoms with Crippen LogP contribution in [0.3, 0.4) is 0 Å². The summed E-state index contributed by atoms with van der Waals surface area (Å²) in [4.78, 5) is 48.3. The highest BCUT2D eigenvalue weighted by Gasteiger charge is 2.32. The summed E-state index contributed by atoms with van der Waals surface area (Å²) in [5.74, 6) is -3.52. The standard InChI is InChI=1S/C18H35N5O6/c1-4-10(2)14(17(27)22-13(9-24)18(28)29)23-16(26)12(7-5-6-8-19)21-15(25)11(3)20/h10-14,24H,4-9,19-20H2,1-3H3,(H,21,25)(H,22,27)(H,23,26)(H,28,29). The lowest BCUT2D eigenvalue weighted by Gasteiger charge is -2.27. The van der Waals surface area contributed by atoms with Crippen molar-refractivity contribution in [3.63, 3.8) is 0 Å². The van der Waals surface area contributed by atoms with Gasteiger partial charge in [-0.05, 0) is 38.6 Å². The highest BCUT2D eigenvalue weighted by Crippen LogP contribution is 2.10. The zero-order chi connectivity index (χ0) is 22.6. The maximum Gasteiger partial charge on any atom is 0.328 e. The maximum absolute atomic E-state index is 12.8. The number of aliphatic carboxylic acids is 1. The number of hydrogen-bond donors (Lipinski definition) is 7. The zero-order valence-corrected chi connectivity index (χ0v) is 17.3. The van der Waals surface area contributed by atoms with Crippen LogP contribution in [-0.2, 0) is 19.2 Å². The minimum Gasteiger partial charge on any atom is -0.480 e. The predicted octanol–water partition coefficient (Wildman–Crippen LogP) is -1.96. The van der Waals surface area contributed by atoms with Gasteiger partial charge in [0.2, 0.25) is 17.7 Å². The topological polar surface area (TPSA) is 197 Å². The molecule has 11 nitrogen and oxygen atoms in total. The van der Waals surface area contributed by atoms with Crippen molar-refractivity contribution in [1.29, 1.82) is 0 Å². The highest BCUT2D eigenvalue weighted by molar-refractivity contribution is 5.94. The number of amides is 3. The Hall–Kier alpha value is -2.24. The number of nitrogens with two attached hydrogens (primary N) is 2. The molecule has 0 fully saturated rings. The number of carbonyl (C=O) groups excluding carboxylic acids is 3. The van der Waals surface area contributed by atoms with E-state index in [2.05, 4.69) is 16.0 Å². The number of carboxylic acid groups (broad SMARTS) is 1. The minimum absolute atomic E-state index is 0.310. The molecule has 0 aromatic heterocycles. The van der Waals surface area contributed by atoms with E-state index in [-0.39, 0.29) is 5.92 Å². The summed E-state index contributed by atoms with van der Waals surface area (Å²) in [5, 5.41) is 25.5. The molecule has 5 atom stereocenters. The van der Waals surface area contributed by atoms with E-state index in [1.807, 2.05) is 6.92 Å². The van der Waals surface area contributed by atoms with Gasteiger partial charge in [-0.3, -0.25) is 14.4 Å². The fourth-order valence-corrected chi connectivity index (χ4v) is 2.47. The van der Waals surface area contributed by atoms with Gasteiger partial charge in [0, 0.05) is 0 Å². The van der Waals surface area contributed by atoms with Gasteiger partial charge >= 0.3 is 5.97 Å². The summed E-state index contributed by atoms with van der Waals surface area (Å²) < 4.78 is 0. The summed E-state index contributed by atoms with van der Waals surface area (Å²) in [6, 6.07) is -4.24. The number of hydrogen-bond acceptors (Lipinski definition) is 7. The largest absolute Gasteiger partial charge is 0.480 e. The van der Waals surface area contributed by atoms with Crippen LogP contribution in [-0.4, -0.2) is 71.2 Å². The van der Waals surface area contributed by atoms with Crippen LogP contribution in [0.4, 0.5) is 0 Å². The predicted molar refractivity (Wildman–Crippen MR) is 107 cm³/mol. The Morgan fingerprint density at radius 1 is 0.931 bits per heavy atom. The van der Waals surface area contributed by atoms with Gasteiger partial charge in [0.15, 0.2) is 0 Å². The number of carboxylic acids is 1. The molecule has 11 heteroatoms. The Bertz CT molecular complexity index is 557. The Kier molecular flexibility index (Phi) is 12.8. The molecule has 0 spiro atoms. The molecule has 0 saturated carbocycles. The lowest BCUT2D eigenvalue weighted by molar-refractivity contribution is -0.143. The van der Waals surface area contributed by atoms with E-state index < -0.39 is 54.5 Å². The van der Waals surface area contributed by atoms with E-state index in [1.165, 1.54) is 6.92 Å². The molecule has 5 unspecified atom stereocenters. The Morgan fingerprint density at radius 3 is 1.97 bits per heavy atom. The van der Waals surface area contributed by atoms with Gasteiger partial charge in [0.25, 0.3) is 0 Å². The summed E-state index contributed by atoms with van der Waals surface area (Å²) in [6.45, 7) is 4.68. The van der Waals surface area contributed by atoms with Crippen LogP contribution >= 0.6 is 0 Å². The summed E-state index contributed by atoms with van der Waals surface area (Å²) in [6.07, 6.45) is 2.08. The number of aliphatic hydroxyl groups excluding tert-OH is 1. The molecule has 168 valence electrons. The van der Waals surface area contributed by atoms with Gasteiger partial charge in [-0.25, -0.2) is 4.79 Å². The summed E-state index contributed by atoms with van der Waals surface area (Å²) in [5.41, 5.74) is 11.0. The summed E-state index contributed by atoms with van der Waals surface area (Å²) >= 11 is 0. The Balaban J connectivity index is 5.36. The van der Waals surface area contributed by atoms with Crippen LogP contribution in [0.25, 0.3) is 0 Å². The van der Waals surface area contributed by atoms with Crippen LogP contribution in [0.15, 0.2) is 0 Å². The molecule has 0 radical (unpaired) electrons. The number of rotatable bonds is 14. The molecule has 0 aromatic rings. The van der Waals surface area contributed by atoms with Gasteiger partial charge < -0.3 is 37.6 Å². The monoisotopic (exact) mass is 417 g/mol.